The summed E-state index contributed by atoms with van der Waals surface area (Å²) in [5.41, 5.74) is 2.03. The van der Waals surface area contributed by atoms with Crippen LogP contribution in [0.25, 0.3) is 6.08 Å². The van der Waals surface area contributed by atoms with Gasteiger partial charge in [0.2, 0.25) is 0 Å². The van der Waals surface area contributed by atoms with E-state index < -0.39 is 6.09 Å². The quantitative estimate of drug-likeness (QED) is 0.598. The van der Waals surface area contributed by atoms with Crippen LogP contribution in [0.3, 0.4) is 0 Å². The zero-order valence-corrected chi connectivity index (χ0v) is 15.3. The zero-order chi connectivity index (χ0) is 18.5. The summed E-state index contributed by atoms with van der Waals surface area (Å²) in [6, 6.07) is 17.5. The van der Waals surface area contributed by atoms with Crippen molar-refractivity contribution in [3.63, 3.8) is 0 Å². The monoisotopic (exact) mass is 353 g/mol. The first-order valence-electron chi connectivity index (χ1n) is 9.12. The number of carbonyl (C=O) groups excluding carboxylic acids is 1. The lowest BCUT2D eigenvalue weighted by Gasteiger charge is -2.06. The molecule has 0 fully saturated rings. The van der Waals surface area contributed by atoms with Gasteiger partial charge in [-0.25, -0.2) is 4.79 Å². The number of alkyl carbamates (subject to hydrolysis) is 1. The van der Waals surface area contributed by atoms with Crippen molar-refractivity contribution in [3.8, 4) is 5.75 Å². The molecule has 0 bridgehead atoms. The van der Waals surface area contributed by atoms with Gasteiger partial charge in [0.25, 0.3) is 0 Å². The number of amides is 1. The largest absolute Gasteiger partial charge is 0.494 e. The van der Waals surface area contributed by atoms with E-state index in [-0.39, 0.29) is 6.61 Å². The van der Waals surface area contributed by atoms with Gasteiger partial charge in [0.05, 0.1) is 6.61 Å². The Morgan fingerprint density at radius 2 is 1.81 bits per heavy atom. The minimum absolute atomic E-state index is 0.274. The molecule has 2 aromatic rings. The van der Waals surface area contributed by atoms with E-state index in [0.29, 0.717) is 6.54 Å². The van der Waals surface area contributed by atoms with Crippen molar-refractivity contribution < 1.29 is 14.3 Å². The molecule has 138 valence electrons. The highest BCUT2D eigenvalue weighted by Gasteiger charge is 2.00. The molecule has 0 aliphatic heterocycles. The number of carbonyl (C=O) groups is 1. The van der Waals surface area contributed by atoms with Crippen molar-refractivity contribution in [3.05, 3.63) is 71.8 Å². The van der Waals surface area contributed by atoms with E-state index in [1.807, 2.05) is 66.7 Å². The van der Waals surface area contributed by atoms with Crippen molar-refractivity contribution in [2.75, 3.05) is 13.2 Å². The van der Waals surface area contributed by atoms with Crippen LogP contribution in [0.15, 0.2) is 60.7 Å². The summed E-state index contributed by atoms with van der Waals surface area (Å²) in [4.78, 5) is 11.6. The van der Waals surface area contributed by atoms with Crippen molar-refractivity contribution in [1.82, 2.24) is 5.32 Å². The smallest absolute Gasteiger partial charge is 0.407 e. The average molecular weight is 353 g/mol. The molecule has 2 rings (SSSR count). The standard InChI is InChI=1S/C22H27NO3/c1-2-3-7-17-25-21-14-12-19(13-15-21)11-8-16-23-22(24)26-18-20-9-5-4-6-10-20/h4-6,8-15H,2-3,7,16-18H2,1H3,(H,23,24). The summed E-state index contributed by atoms with van der Waals surface area (Å²) >= 11 is 0. The third kappa shape index (κ3) is 7.88. The molecule has 1 amide bonds. The molecule has 0 unspecified atom stereocenters. The van der Waals surface area contributed by atoms with Crippen LogP contribution in [0.1, 0.15) is 37.3 Å². The predicted molar refractivity (Wildman–Crippen MR) is 105 cm³/mol. The van der Waals surface area contributed by atoms with Gasteiger partial charge in [-0.15, -0.1) is 0 Å². The predicted octanol–water partition coefficient (Wildman–Crippen LogP) is 5.20. The van der Waals surface area contributed by atoms with Crippen LogP contribution < -0.4 is 10.1 Å². The Hall–Kier alpha value is -2.75. The number of nitrogens with one attached hydrogen (secondary N) is 1. The van der Waals surface area contributed by atoms with Crippen molar-refractivity contribution >= 4 is 12.2 Å². The van der Waals surface area contributed by atoms with Crippen LogP contribution in [0.2, 0.25) is 0 Å². The summed E-state index contributed by atoms with van der Waals surface area (Å²) < 4.78 is 10.8. The number of rotatable bonds is 10. The van der Waals surface area contributed by atoms with E-state index in [2.05, 4.69) is 12.2 Å². The SMILES string of the molecule is CCCCCOc1ccc(C=CCNC(=O)OCc2ccccc2)cc1. The van der Waals surface area contributed by atoms with Gasteiger partial charge in [-0.05, 0) is 29.7 Å². The molecule has 0 saturated carbocycles. The third-order valence-electron chi connectivity index (χ3n) is 3.78. The minimum Gasteiger partial charge on any atom is -0.494 e. The Labute approximate surface area is 155 Å². The highest BCUT2D eigenvalue weighted by atomic mass is 16.5. The Morgan fingerprint density at radius 3 is 2.54 bits per heavy atom. The molecule has 0 radical (unpaired) electrons. The number of benzene rings is 2. The van der Waals surface area contributed by atoms with Crippen LogP contribution in [0, 0.1) is 0 Å². The lowest BCUT2D eigenvalue weighted by atomic mass is 10.2. The fourth-order valence-electron chi connectivity index (χ4n) is 2.33. The fraction of sp³-hybridized carbons (Fsp3) is 0.318. The van der Waals surface area contributed by atoms with E-state index in [1.54, 1.807) is 0 Å². The summed E-state index contributed by atoms with van der Waals surface area (Å²) in [5, 5.41) is 2.70. The molecule has 0 spiro atoms. The van der Waals surface area contributed by atoms with E-state index in [1.165, 1.54) is 12.8 Å². The van der Waals surface area contributed by atoms with Crippen LogP contribution in [-0.4, -0.2) is 19.2 Å². The van der Waals surface area contributed by atoms with Gasteiger partial charge in [-0.1, -0.05) is 74.4 Å². The molecule has 0 aromatic heterocycles. The molecular formula is C22H27NO3. The molecule has 0 aliphatic carbocycles. The van der Waals surface area contributed by atoms with Gasteiger partial charge in [0.1, 0.15) is 12.4 Å². The molecule has 0 aliphatic rings. The average Bonchev–Trinajstić information content (AvgIpc) is 2.69. The molecule has 0 atom stereocenters. The van der Waals surface area contributed by atoms with Gasteiger partial charge < -0.3 is 14.8 Å². The van der Waals surface area contributed by atoms with Gasteiger partial charge in [-0.3, -0.25) is 0 Å². The van der Waals surface area contributed by atoms with Crippen LogP contribution in [0.5, 0.6) is 5.75 Å². The summed E-state index contributed by atoms with van der Waals surface area (Å²) in [6.07, 6.45) is 6.90. The lowest BCUT2D eigenvalue weighted by molar-refractivity contribution is 0.141. The van der Waals surface area contributed by atoms with Gasteiger partial charge >= 0.3 is 6.09 Å². The second-order valence-corrected chi connectivity index (χ2v) is 5.97. The normalized spacial score (nSPS) is 10.7. The van der Waals surface area contributed by atoms with Gasteiger partial charge in [0, 0.05) is 6.54 Å². The summed E-state index contributed by atoms with van der Waals surface area (Å²) in [5.74, 6) is 0.890. The third-order valence-corrected chi connectivity index (χ3v) is 3.78. The van der Waals surface area contributed by atoms with Crippen LogP contribution in [-0.2, 0) is 11.3 Å². The second kappa shape index (κ2) is 11.7. The maximum Gasteiger partial charge on any atom is 0.407 e. The number of hydrogen-bond acceptors (Lipinski definition) is 3. The molecule has 4 nitrogen and oxygen atoms in total. The minimum atomic E-state index is -0.422. The molecule has 26 heavy (non-hydrogen) atoms. The van der Waals surface area contributed by atoms with E-state index in [0.717, 1.165) is 29.9 Å². The first kappa shape index (κ1) is 19.6. The summed E-state index contributed by atoms with van der Waals surface area (Å²) in [7, 11) is 0. The molecule has 0 heterocycles. The molecule has 1 N–H and O–H groups in total. The number of hydrogen-bond donors (Lipinski definition) is 1. The lowest BCUT2D eigenvalue weighted by Crippen LogP contribution is -2.24. The van der Waals surface area contributed by atoms with Crippen molar-refractivity contribution in [2.45, 2.75) is 32.8 Å². The highest BCUT2D eigenvalue weighted by molar-refractivity contribution is 5.67. The topological polar surface area (TPSA) is 47.6 Å². The first-order chi connectivity index (χ1) is 12.8. The Morgan fingerprint density at radius 1 is 1.04 bits per heavy atom. The Bertz CT molecular complexity index is 666. The maximum absolute atomic E-state index is 11.6. The first-order valence-corrected chi connectivity index (χ1v) is 9.12. The molecule has 4 heteroatoms. The van der Waals surface area contributed by atoms with Crippen LogP contribution in [0.4, 0.5) is 4.79 Å². The van der Waals surface area contributed by atoms with Crippen molar-refractivity contribution in [2.24, 2.45) is 0 Å². The number of unbranched alkanes of at least 4 members (excludes halogenated alkanes) is 2. The molecular weight excluding hydrogens is 326 g/mol. The van der Waals surface area contributed by atoms with Crippen LogP contribution >= 0.6 is 0 Å². The van der Waals surface area contributed by atoms with Crippen molar-refractivity contribution in [1.29, 1.82) is 0 Å². The molecule has 2 aromatic carbocycles. The molecule has 0 saturated heterocycles. The fourth-order valence-corrected chi connectivity index (χ4v) is 2.33. The Kier molecular flexibility index (Phi) is 8.84. The maximum atomic E-state index is 11.6. The van der Waals surface area contributed by atoms with E-state index in [4.69, 9.17) is 9.47 Å². The van der Waals surface area contributed by atoms with E-state index >= 15 is 0 Å². The highest BCUT2D eigenvalue weighted by Crippen LogP contribution is 2.13. The second-order valence-electron chi connectivity index (χ2n) is 5.97. The zero-order valence-electron chi connectivity index (χ0n) is 15.3. The number of ether oxygens (including phenoxy) is 2. The summed E-state index contributed by atoms with van der Waals surface area (Å²) in [6.45, 7) is 3.63. The van der Waals surface area contributed by atoms with Gasteiger partial charge in [-0.2, -0.15) is 0 Å². The Balaban J connectivity index is 1.64. The van der Waals surface area contributed by atoms with Gasteiger partial charge in [0.15, 0.2) is 0 Å². The van der Waals surface area contributed by atoms with E-state index in [9.17, 15) is 4.79 Å².